The van der Waals surface area contributed by atoms with Crippen molar-refractivity contribution in [1.29, 1.82) is 0 Å². The largest absolute Gasteiger partial charge is 0.506 e. The van der Waals surface area contributed by atoms with Crippen molar-refractivity contribution in [1.82, 2.24) is 0 Å². The highest BCUT2D eigenvalue weighted by Gasteiger charge is 2.40. The molecule has 0 aliphatic rings. The number of hydrogen-bond acceptors (Lipinski definition) is 21. The summed E-state index contributed by atoms with van der Waals surface area (Å²) in [7, 11) is 0. The molecule has 330 valence electrons. The van der Waals surface area contributed by atoms with Gasteiger partial charge in [0.2, 0.25) is 46.0 Å². The second-order valence-corrected chi connectivity index (χ2v) is 14.7. The SMILES string of the molecule is Oc1c(O)c(O)c2c(-c3c4c(O)c(O)c(O)c(O)c4c(-c4c(O)c(O)c(O)c5c(O)c(O)c(O)c(O)c45)c4c(O)c(-c5cccc6ccccc56)c(O)c(O)c34)c(O)c(O)c(O)c2c1O. The van der Waals surface area contributed by atoms with Crippen molar-refractivity contribution < 1.29 is 107 Å². The van der Waals surface area contributed by atoms with Crippen LogP contribution >= 0.6 is 0 Å². The monoisotopic (exact) mass is 892 g/mol. The van der Waals surface area contributed by atoms with Crippen molar-refractivity contribution in [3.8, 4) is 154 Å². The predicted octanol–water partition coefficient (Wildman–Crippen LogP) is 6.27. The zero-order valence-corrected chi connectivity index (χ0v) is 31.9. The van der Waals surface area contributed by atoms with E-state index in [-0.39, 0.29) is 10.9 Å². The summed E-state index contributed by atoms with van der Waals surface area (Å²) in [6, 6.07) is 10.6. The van der Waals surface area contributed by atoms with E-state index in [1.807, 2.05) is 0 Å². The highest BCUT2D eigenvalue weighted by atomic mass is 16.4. The van der Waals surface area contributed by atoms with E-state index in [4.69, 9.17) is 0 Å². The molecular formula is C44H28O21. The van der Waals surface area contributed by atoms with Gasteiger partial charge in [0.25, 0.3) is 0 Å². The van der Waals surface area contributed by atoms with Gasteiger partial charge >= 0.3 is 0 Å². The van der Waals surface area contributed by atoms with E-state index in [1.165, 1.54) is 24.3 Å². The van der Waals surface area contributed by atoms with Gasteiger partial charge in [0.15, 0.2) is 69.0 Å². The molecule has 21 N–H and O–H groups in total. The van der Waals surface area contributed by atoms with Gasteiger partial charge in [-0.15, -0.1) is 0 Å². The lowest BCUT2D eigenvalue weighted by Gasteiger charge is -2.26. The first-order chi connectivity index (χ1) is 30.6. The second kappa shape index (κ2) is 13.0. The Labute approximate surface area is 357 Å². The Morgan fingerprint density at radius 2 is 0.446 bits per heavy atom. The highest BCUT2D eigenvalue weighted by molar-refractivity contribution is 6.35. The molecule has 0 spiro atoms. The average Bonchev–Trinajstić information content (AvgIpc) is 3.29. The van der Waals surface area contributed by atoms with Gasteiger partial charge < -0.3 is 107 Å². The maximum atomic E-state index is 12.8. The van der Waals surface area contributed by atoms with Gasteiger partial charge in [-0.1, -0.05) is 42.5 Å². The van der Waals surface area contributed by atoms with Crippen molar-refractivity contribution in [2.75, 3.05) is 0 Å². The third kappa shape index (κ3) is 4.79. The Balaban J connectivity index is 1.74. The predicted molar refractivity (Wildman–Crippen MR) is 225 cm³/mol. The Morgan fingerprint density at radius 3 is 0.831 bits per heavy atom. The first-order valence-electron chi connectivity index (χ1n) is 18.3. The quantitative estimate of drug-likeness (QED) is 0.0527. The minimum atomic E-state index is -1.66. The molecule has 0 aliphatic carbocycles. The van der Waals surface area contributed by atoms with Crippen LogP contribution in [0.3, 0.4) is 0 Å². The van der Waals surface area contributed by atoms with E-state index in [0.29, 0.717) is 5.39 Å². The zero-order chi connectivity index (χ0) is 47.3. The molecule has 21 nitrogen and oxygen atoms in total. The molecule has 9 aromatic carbocycles. The minimum Gasteiger partial charge on any atom is -0.506 e. The van der Waals surface area contributed by atoms with Gasteiger partial charge in [0.05, 0.1) is 16.3 Å². The molecule has 0 aromatic heterocycles. The van der Waals surface area contributed by atoms with Crippen LogP contribution in [0, 0.1) is 0 Å². The second-order valence-electron chi connectivity index (χ2n) is 14.7. The van der Waals surface area contributed by atoms with E-state index in [1.54, 1.807) is 18.2 Å². The van der Waals surface area contributed by atoms with E-state index < -0.39 is 192 Å². The van der Waals surface area contributed by atoms with Crippen LogP contribution in [0.25, 0.3) is 87.2 Å². The molecule has 0 atom stereocenters. The number of fused-ring (bicyclic) bond motifs is 5. The topological polar surface area (TPSA) is 425 Å². The Hall–Kier alpha value is -9.92. The van der Waals surface area contributed by atoms with Crippen molar-refractivity contribution in [2.24, 2.45) is 0 Å². The normalized spacial score (nSPS) is 11.8. The first-order valence-corrected chi connectivity index (χ1v) is 18.3. The molecule has 9 rings (SSSR count). The van der Waals surface area contributed by atoms with Gasteiger partial charge in [-0.3, -0.25) is 0 Å². The zero-order valence-electron chi connectivity index (χ0n) is 31.9. The standard InChI is InChI=1S/C44H28O21/c45-24-11(10-7-3-5-8-4-1-2-6-9(8)10)25(46)26(47)15-13(19-21-23(34(55)38(59)28(19)49)36(57)44(65)42(63)32(21)53)17-16(29(50)39(60)40(61)30(17)51)12(14(15)24)18-20-22(33(54)37(58)27(18)48)35(56)43(64)41(62)31(20)52/h1-7,45-65H. The number of benzene rings is 9. The molecule has 0 radical (unpaired) electrons. The van der Waals surface area contributed by atoms with Gasteiger partial charge in [0.1, 0.15) is 5.75 Å². The van der Waals surface area contributed by atoms with Crippen molar-refractivity contribution in [3.63, 3.8) is 0 Å². The molecule has 0 unspecified atom stereocenters. The Bertz CT molecular complexity index is 3710. The van der Waals surface area contributed by atoms with Crippen LogP contribution < -0.4 is 0 Å². The van der Waals surface area contributed by atoms with E-state index in [9.17, 15) is 107 Å². The molecule has 65 heavy (non-hydrogen) atoms. The van der Waals surface area contributed by atoms with Crippen molar-refractivity contribution in [3.05, 3.63) is 42.5 Å². The number of phenols is 21. The maximum Gasteiger partial charge on any atom is 0.205 e. The van der Waals surface area contributed by atoms with E-state index in [2.05, 4.69) is 0 Å². The molecular weight excluding hydrogens is 864 g/mol. The molecule has 9 aromatic rings. The summed E-state index contributed by atoms with van der Waals surface area (Å²) in [4.78, 5) is 0. The van der Waals surface area contributed by atoms with Crippen LogP contribution in [-0.4, -0.2) is 107 Å². The number of rotatable bonds is 3. The van der Waals surface area contributed by atoms with Gasteiger partial charge in [-0.05, 0) is 16.3 Å². The molecule has 0 aliphatic heterocycles. The Morgan fingerprint density at radius 1 is 0.185 bits per heavy atom. The van der Waals surface area contributed by atoms with Crippen LogP contribution in [0.15, 0.2) is 42.5 Å². The molecule has 21 heteroatoms. The molecule has 0 amide bonds. The molecule has 0 saturated carbocycles. The maximum absolute atomic E-state index is 12.8. The first kappa shape index (κ1) is 40.5. The average molecular weight is 893 g/mol. The van der Waals surface area contributed by atoms with Crippen LogP contribution in [0.5, 0.6) is 121 Å². The molecule has 0 fully saturated rings. The van der Waals surface area contributed by atoms with E-state index >= 15 is 0 Å². The summed E-state index contributed by atoms with van der Waals surface area (Å²) < 4.78 is 0. The van der Waals surface area contributed by atoms with Crippen molar-refractivity contribution >= 4 is 53.9 Å². The summed E-state index contributed by atoms with van der Waals surface area (Å²) in [6.45, 7) is 0. The number of hydrogen-bond donors (Lipinski definition) is 21. The van der Waals surface area contributed by atoms with Gasteiger partial charge in [-0.2, -0.15) is 0 Å². The van der Waals surface area contributed by atoms with Crippen LogP contribution in [0.2, 0.25) is 0 Å². The van der Waals surface area contributed by atoms with Crippen LogP contribution in [0.1, 0.15) is 0 Å². The van der Waals surface area contributed by atoms with Crippen molar-refractivity contribution in [2.45, 2.75) is 0 Å². The molecule has 0 saturated heterocycles. The number of aromatic hydroxyl groups is 21. The Kier molecular flexibility index (Phi) is 8.12. The summed E-state index contributed by atoms with van der Waals surface area (Å²) in [5.41, 5.74) is -5.78. The summed E-state index contributed by atoms with van der Waals surface area (Å²) >= 11 is 0. The number of phenolic OH excluding ortho intramolecular Hbond substituents is 21. The summed E-state index contributed by atoms with van der Waals surface area (Å²) in [5, 5.41) is 229. The van der Waals surface area contributed by atoms with E-state index in [0.717, 1.165) is 0 Å². The highest BCUT2D eigenvalue weighted by Crippen LogP contribution is 2.69. The van der Waals surface area contributed by atoms with Gasteiger partial charge in [-0.25, -0.2) is 0 Å². The van der Waals surface area contributed by atoms with Crippen LogP contribution in [0.4, 0.5) is 0 Å². The third-order valence-electron chi connectivity index (χ3n) is 11.5. The lowest BCUT2D eigenvalue weighted by molar-refractivity contribution is 0.347. The fraction of sp³-hybridized carbons (Fsp3) is 0. The summed E-state index contributed by atoms with van der Waals surface area (Å²) in [5.74, 6) is -32.5. The van der Waals surface area contributed by atoms with Gasteiger partial charge in [0, 0.05) is 54.6 Å². The fourth-order valence-corrected chi connectivity index (χ4v) is 8.60. The lowest BCUT2D eigenvalue weighted by Crippen LogP contribution is -1.98. The fourth-order valence-electron chi connectivity index (χ4n) is 8.60. The smallest absolute Gasteiger partial charge is 0.205 e. The van der Waals surface area contributed by atoms with Crippen LogP contribution in [-0.2, 0) is 0 Å². The lowest BCUT2D eigenvalue weighted by atomic mass is 9.79. The molecule has 0 bridgehead atoms. The minimum absolute atomic E-state index is 0.118. The third-order valence-corrected chi connectivity index (χ3v) is 11.5. The molecule has 0 heterocycles. The summed E-state index contributed by atoms with van der Waals surface area (Å²) in [6.07, 6.45) is 0.